The molecule has 1 amide bonds. The molecular formula is C12H11FN2O. The van der Waals surface area contributed by atoms with Crippen molar-refractivity contribution in [1.29, 1.82) is 5.26 Å². The van der Waals surface area contributed by atoms with Crippen LogP contribution in [0.3, 0.4) is 0 Å². The van der Waals surface area contributed by atoms with Gasteiger partial charge >= 0.3 is 0 Å². The minimum absolute atomic E-state index is 0.223. The summed E-state index contributed by atoms with van der Waals surface area (Å²) in [6, 6.07) is 7.94. The van der Waals surface area contributed by atoms with Crippen LogP contribution in [-0.4, -0.2) is 5.91 Å². The molecule has 4 heteroatoms. The van der Waals surface area contributed by atoms with Crippen molar-refractivity contribution >= 4 is 5.91 Å². The molecule has 0 bridgehead atoms. The van der Waals surface area contributed by atoms with E-state index in [1.807, 2.05) is 6.07 Å². The first-order chi connectivity index (χ1) is 7.66. The van der Waals surface area contributed by atoms with Crippen molar-refractivity contribution in [2.75, 3.05) is 0 Å². The number of halogens is 1. The lowest BCUT2D eigenvalue weighted by Gasteiger charge is -2.07. The normalized spacial score (nSPS) is 16.2. The zero-order valence-corrected chi connectivity index (χ0v) is 8.66. The van der Waals surface area contributed by atoms with Crippen molar-refractivity contribution < 1.29 is 9.18 Å². The van der Waals surface area contributed by atoms with E-state index in [0.717, 1.165) is 5.56 Å². The van der Waals surface area contributed by atoms with E-state index in [9.17, 15) is 9.18 Å². The predicted molar refractivity (Wildman–Crippen MR) is 55.5 cm³/mol. The maximum atomic E-state index is 12.6. The molecule has 2 rings (SSSR count). The number of nitrogens with zero attached hydrogens (tertiary/aromatic N) is 1. The molecule has 0 spiro atoms. The molecule has 0 aromatic heterocycles. The first kappa shape index (κ1) is 10.6. The SMILES string of the molecule is N#CC1(C(=O)NCc2ccc(F)cc2)CC1. The molecule has 0 radical (unpaired) electrons. The van der Waals surface area contributed by atoms with Crippen LogP contribution in [0.25, 0.3) is 0 Å². The van der Waals surface area contributed by atoms with E-state index in [1.165, 1.54) is 12.1 Å². The Morgan fingerprint density at radius 3 is 2.56 bits per heavy atom. The van der Waals surface area contributed by atoms with E-state index in [2.05, 4.69) is 5.32 Å². The van der Waals surface area contributed by atoms with Gasteiger partial charge in [-0.3, -0.25) is 4.79 Å². The Kier molecular flexibility index (Phi) is 2.61. The van der Waals surface area contributed by atoms with Crippen LogP contribution in [-0.2, 0) is 11.3 Å². The number of benzene rings is 1. The Labute approximate surface area is 92.9 Å². The van der Waals surface area contributed by atoms with Gasteiger partial charge in [-0.25, -0.2) is 4.39 Å². The molecule has 0 saturated heterocycles. The summed E-state index contributed by atoms with van der Waals surface area (Å²) in [5.41, 5.74) is 0.0310. The highest BCUT2D eigenvalue weighted by molar-refractivity contribution is 5.88. The number of rotatable bonds is 3. The summed E-state index contributed by atoms with van der Waals surface area (Å²) in [5.74, 6) is -0.523. The van der Waals surface area contributed by atoms with Crippen molar-refractivity contribution in [2.45, 2.75) is 19.4 Å². The first-order valence-electron chi connectivity index (χ1n) is 5.10. The summed E-state index contributed by atoms with van der Waals surface area (Å²) in [6.07, 6.45) is 1.28. The largest absolute Gasteiger partial charge is 0.351 e. The fraction of sp³-hybridized carbons (Fsp3) is 0.333. The molecule has 16 heavy (non-hydrogen) atoms. The summed E-state index contributed by atoms with van der Waals surface area (Å²) < 4.78 is 12.6. The summed E-state index contributed by atoms with van der Waals surface area (Å²) in [4.78, 5) is 11.6. The smallest absolute Gasteiger partial charge is 0.240 e. The van der Waals surface area contributed by atoms with Gasteiger partial charge in [0.2, 0.25) is 5.91 Å². The maximum absolute atomic E-state index is 12.6. The molecule has 3 nitrogen and oxygen atoms in total. The number of carbonyl (C=O) groups is 1. The minimum Gasteiger partial charge on any atom is -0.351 e. The van der Waals surface area contributed by atoms with Crippen LogP contribution >= 0.6 is 0 Å². The quantitative estimate of drug-likeness (QED) is 0.840. The van der Waals surface area contributed by atoms with E-state index in [4.69, 9.17) is 5.26 Å². The van der Waals surface area contributed by atoms with Gasteiger partial charge in [-0.2, -0.15) is 5.26 Å². The van der Waals surface area contributed by atoms with Crippen molar-refractivity contribution in [2.24, 2.45) is 5.41 Å². The number of amides is 1. The van der Waals surface area contributed by atoms with Crippen LogP contribution in [0.2, 0.25) is 0 Å². The molecule has 1 aliphatic carbocycles. The number of nitriles is 1. The monoisotopic (exact) mass is 218 g/mol. The van der Waals surface area contributed by atoms with Crippen LogP contribution in [0.1, 0.15) is 18.4 Å². The average Bonchev–Trinajstić information content (AvgIpc) is 3.09. The molecule has 0 unspecified atom stereocenters. The molecule has 1 saturated carbocycles. The van der Waals surface area contributed by atoms with E-state index < -0.39 is 5.41 Å². The zero-order chi connectivity index (χ0) is 11.6. The van der Waals surface area contributed by atoms with Crippen molar-refractivity contribution in [3.8, 4) is 6.07 Å². The Hall–Kier alpha value is -1.89. The molecule has 1 fully saturated rings. The van der Waals surface area contributed by atoms with Gasteiger partial charge in [0.05, 0.1) is 6.07 Å². The fourth-order valence-electron chi connectivity index (χ4n) is 1.47. The summed E-state index contributed by atoms with van der Waals surface area (Å²) in [7, 11) is 0. The number of hydrogen-bond acceptors (Lipinski definition) is 2. The molecule has 1 aliphatic rings. The van der Waals surface area contributed by atoms with Gasteiger partial charge in [-0.1, -0.05) is 12.1 Å². The predicted octanol–water partition coefficient (Wildman–Crippen LogP) is 1.75. The highest BCUT2D eigenvalue weighted by Crippen LogP contribution is 2.44. The summed E-state index contributed by atoms with van der Waals surface area (Å²) >= 11 is 0. The molecule has 0 atom stereocenters. The molecule has 82 valence electrons. The van der Waals surface area contributed by atoms with Gasteiger partial charge in [0.15, 0.2) is 0 Å². The van der Waals surface area contributed by atoms with E-state index >= 15 is 0 Å². The minimum atomic E-state index is -0.792. The third-order valence-electron chi connectivity index (χ3n) is 2.76. The first-order valence-corrected chi connectivity index (χ1v) is 5.10. The van der Waals surface area contributed by atoms with Gasteiger partial charge in [0, 0.05) is 6.54 Å². The van der Waals surface area contributed by atoms with Crippen LogP contribution in [0, 0.1) is 22.6 Å². The van der Waals surface area contributed by atoms with Gasteiger partial charge in [0.1, 0.15) is 11.2 Å². The van der Waals surface area contributed by atoms with Crippen LogP contribution < -0.4 is 5.32 Å². The molecule has 1 aromatic carbocycles. The summed E-state index contributed by atoms with van der Waals surface area (Å²) in [5, 5.41) is 11.5. The highest BCUT2D eigenvalue weighted by atomic mass is 19.1. The van der Waals surface area contributed by atoms with E-state index in [1.54, 1.807) is 12.1 Å². The van der Waals surface area contributed by atoms with Crippen LogP contribution in [0.4, 0.5) is 4.39 Å². The second-order valence-electron chi connectivity index (χ2n) is 4.00. The number of nitrogens with one attached hydrogen (secondary N) is 1. The molecule has 0 aliphatic heterocycles. The third-order valence-corrected chi connectivity index (χ3v) is 2.76. The van der Waals surface area contributed by atoms with Gasteiger partial charge in [-0.15, -0.1) is 0 Å². The number of carbonyl (C=O) groups excluding carboxylic acids is 1. The topological polar surface area (TPSA) is 52.9 Å². The maximum Gasteiger partial charge on any atom is 0.240 e. The van der Waals surface area contributed by atoms with Crippen LogP contribution in [0.5, 0.6) is 0 Å². The molecular weight excluding hydrogens is 207 g/mol. The Bertz CT molecular complexity index is 443. The lowest BCUT2D eigenvalue weighted by atomic mass is 10.1. The lowest BCUT2D eigenvalue weighted by molar-refractivity contribution is -0.124. The van der Waals surface area contributed by atoms with Gasteiger partial charge in [0.25, 0.3) is 0 Å². The number of hydrogen-bond donors (Lipinski definition) is 1. The fourth-order valence-corrected chi connectivity index (χ4v) is 1.47. The third kappa shape index (κ3) is 2.03. The van der Waals surface area contributed by atoms with Crippen molar-refractivity contribution in [1.82, 2.24) is 5.32 Å². The van der Waals surface area contributed by atoms with E-state index in [0.29, 0.717) is 19.4 Å². The Morgan fingerprint density at radius 2 is 2.06 bits per heavy atom. The molecule has 0 heterocycles. The second-order valence-corrected chi connectivity index (χ2v) is 4.00. The average molecular weight is 218 g/mol. The second kappa shape index (κ2) is 3.93. The van der Waals surface area contributed by atoms with Crippen molar-refractivity contribution in [3.05, 3.63) is 35.6 Å². The van der Waals surface area contributed by atoms with Crippen molar-refractivity contribution in [3.63, 3.8) is 0 Å². The zero-order valence-electron chi connectivity index (χ0n) is 8.66. The standard InChI is InChI=1S/C12H11FN2O/c13-10-3-1-9(2-4-10)7-15-11(16)12(8-14)5-6-12/h1-4H,5-7H2,(H,15,16). The van der Waals surface area contributed by atoms with Crippen LogP contribution in [0.15, 0.2) is 24.3 Å². The van der Waals surface area contributed by atoms with E-state index in [-0.39, 0.29) is 11.7 Å². The lowest BCUT2D eigenvalue weighted by Crippen LogP contribution is -2.30. The van der Waals surface area contributed by atoms with Gasteiger partial charge in [-0.05, 0) is 30.5 Å². The Balaban J connectivity index is 1.91. The summed E-state index contributed by atoms with van der Waals surface area (Å²) in [6.45, 7) is 0.336. The van der Waals surface area contributed by atoms with Gasteiger partial charge < -0.3 is 5.32 Å². The highest BCUT2D eigenvalue weighted by Gasteiger charge is 2.50. The molecule has 1 N–H and O–H groups in total. The molecule has 1 aromatic rings. The Morgan fingerprint density at radius 1 is 1.44 bits per heavy atom.